The largest absolute Gasteiger partial charge is 0.396 e. The van der Waals surface area contributed by atoms with Gasteiger partial charge in [-0.3, -0.25) is 0 Å². The van der Waals surface area contributed by atoms with Crippen molar-refractivity contribution in [1.29, 1.82) is 0 Å². The van der Waals surface area contributed by atoms with E-state index in [1.807, 2.05) is 0 Å². The van der Waals surface area contributed by atoms with Crippen LogP contribution in [0.3, 0.4) is 0 Å². The monoisotopic (exact) mass is 246 g/mol. The molecule has 1 N–H and O–H groups in total. The summed E-state index contributed by atoms with van der Waals surface area (Å²) >= 11 is 0. The van der Waals surface area contributed by atoms with Crippen LogP contribution in [0.15, 0.2) is 12.1 Å². The number of aliphatic hydroxyl groups is 1. The number of hydrogen-bond acceptors (Lipinski definition) is 2. The van der Waals surface area contributed by atoms with Gasteiger partial charge in [-0.2, -0.15) is 0 Å². The third kappa shape index (κ3) is 2.41. The van der Waals surface area contributed by atoms with E-state index >= 15 is 0 Å². The Morgan fingerprint density at radius 3 is 2.50 bits per heavy atom. The zero-order valence-electron chi connectivity index (χ0n) is 11.7. The van der Waals surface area contributed by atoms with Crippen LogP contribution in [0.5, 0.6) is 0 Å². The van der Waals surface area contributed by atoms with Gasteiger partial charge in [-0.1, -0.05) is 13.8 Å². The first-order valence-electron chi connectivity index (χ1n) is 6.60. The summed E-state index contributed by atoms with van der Waals surface area (Å²) in [5, 5.41) is 9.16. The Balaban J connectivity index is 2.60. The first-order chi connectivity index (χ1) is 8.52. The van der Waals surface area contributed by atoms with Crippen molar-refractivity contribution in [2.45, 2.75) is 40.7 Å². The number of aliphatic hydroxyl groups excluding tert-OH is 1. The van der Waals surface area contributed by atoms with Gasteiger partial charge in [0.2, 0.25) is 0 Å². The lowest BCUT2D eigenvalue weighted by Gasteiger charge is -2.11. The molecule has 3 heteroatoms. The van der Waals surface area contributed by atoms with E-state index in [4.69, 9.17) is 5.11 Å². The van der Waals surface area contributed by atoms with Crippen molar-refractivity contribution in [1.82, 2.24) is 9.55 Å². The lowest BCUT2D eigenvalue weighted by Crippen LogP contribution is -2.10. The van der Waals surface area contributed by atoms with Gasteiger partial charge < -0.3 is 9.67 Å². The fourth-order valence-electron chi connectivity index (χ4n) is 2.29. The first kappa shape index (κ1) is 13.1. The molecule has 0 aliphatic carbocycles. The van der Waals surface area contributed by atoms with Gasteiger partial charge in [-0.15, -0.1) is 0 Å². The van der Waals surface area contributed by atoms with E-state index in [-0.39, 0.29) is 6.61 Å². The molecule has 98 valence electrons. The van der Waals surface area contributed by atoms with Crippen molar-refractivity contribution < 1.29 is 5.11 Å². The summed E-state index contributed by atoms with van der Waals surface area (Å²) in [6.07, 6.45) is 0.624. The van der Waals surface area contributed by atoms with Crippen LogP contribution in [-0.4, -0.2) is 21.3 Å². The molecule has 18 heavy (non-hydrogen) atoms. The zero-order valence-corrected chi connectivity index (χ0v) is 11.7. The van der Waals surface area contributed by atoms with E-state index < -0.39 is 0 Å². The second-order valence-corrected chi connectivity index (χ2v) is 5.43. The average molecular weight is 246 g/mol. The molecular weight excluding hydrogens is 224 g/mol. The Bertz CT molecular complexity index is 555. The van der Waals surface area contributed by atoms with Crippen molar-refractivity contribution in [3.63, 3.8) is 0 Å². The molecule has 0 radical (unpaired) electrons. The van der Waals surface area contributed by atoms with E-state index in [0.717, 1.165) is 17.9 Å². The predicted molar refractivity (Wildman–Crippen MR) is 74.8 cm³/mol. The van der Waals surface area contributed by atoms with Gasteiger partial charge in [0.05, 0.1) is 17.6 Å². The molecule has 0 saturated heterocycles. The summed E-state index contributed by atoms with van der Waals surface area (Å²) in [4.78, 5) is 4.66. The highest BCUT2D eigenvalue weighted by Gasteiger charge is 2.12. The van der Waals surface area contributed by atoms with Gasteiger partial charge in [0.25, 0.3) is 0 Å². The molecule has 0 amide bonds. The Hall–Kier alpha value is -1.35. The summed E-state index contributed by atoms with van der Waals surface area (Å²) in [6, 6.07) is 4.35. The van der Waals surface area contributed by atoms with Crippen LogP contribution in [-0.2, 0) is 13.0 Å². The maximum absolute atomic E-state index is 9.16. The van der Waals surface area contributed by atoms with Crippen LogP contribution in [0, 0.1) is 19.8 Å². The predicted octanol–water partition coefficient (Wildman–Crippen LogP) is 2.84. The minimum Gasteiger partial charge on any atom is -0.396 e. The molecule has 0 aliphatic heterocycles. The van der Waals surface area contributed by atoms with E-state index in [0.29, 0.717) is 12.3 Å². The number of benzene rings is 1. The van der Waals surface area contributed by atoms with Crippen LogP contribution < -0.4 is 0 Å². The Kier molecular flexibility index (Phi) is 3.71. The standard InChI is InChI=1S/C15H22N2O/c1-10(2)9-17-14-8-12(4)11(3)7-13(14)16-15(17)5-6-18/h7-8,10,18H,5-6,9H2,1-4H3. The van der Waals surface area contributed by atoms with E-state index in [1.165, 1.54) is 16.6 Å². The minimum absolute atomic E-state index is 0.152. The maximum atomic E-state index is 9.16. The highest BCUT2D eigenvalue weighted by Crippen LogP contribution is 2.22. The molecule has 2 rings (SSSR count). The SMILES string of the molecule is Cc1cc2nc(CCO)n(CC(C)C)c2cc1C. The van der Waals surface area contributed by atoms with Crippen LogP contribution in [0.1, 0.15) is 30.8 Å². The van der Waals surface area contributed by atoms with Crippen LogP contribution in [0.25, 0.3) is 11.0 Å². The van der Waals surface area contributed by atoms with Crippen molar-refractivity contribution in [3.8, 4) is 0 Å². The summed E-state index contributed by atoms with van der Waals surface area (Å²) in [5.41, 5.74) is 4.80. The third-order valence-corrected chi connectivity index (χ3v) is 3.33. The highest BCUT2D eigenvalue weighted by molar-refractivity contribution is 5.78. The lowest BCUT2D eigenvalue weighted by molar-refractivity contribution is 0.294. The molecular formula is C15H22N2O. The van der Waals surface area contributed by atoms with Gasteiger partial charge in [-0.05, 0) is 43.0 Å². The molecule has 0 fully saturated rings. The van der Waals surface area contributed by atoms with E-state index in [2.05, 4.69) is 49.4 Å². The quantitative estimate of drug-likeness (QED) is 0.900. The van der Waals surface area contributed by atoms with Gasteiger partial charge in [-0.25, -0.2) is 4.98 Å². The van der Waals surface area contributed by atoms with Crippen LogP contribution in [0.4, 0.5) is 0 Å². The second kappa shape index (κ2) is 5.11. The van der Waals surface area contributed by atoms with Crippen LogP contribution >= 0.6 is 0 Å². The van der Waals surface area contributed by atoms with Gasteiger partial charge in [0.1, 0.15) is 5.82 Å². The number of nitrogens with zero attached hydrogens (tertiary/aromatic N) is 2. The van der Waals surface area contributed by atoms with E-state index in [1.54, 1.807) is 0 Å². The molecule has 3 nitrogen and oxygen atoms in total. The lowest BCUT2D eigenvalue weighted by atomic mass is 10.1. The topological polar surface area (TPSA) is 38.1 Å². The zero-order chi connectivity index (χ0) is 13.3. The van der Waals surface area contributed by atoms with Gasteiger partial charge >= 0.3 is 0 Å². The Morgan fingerprint density at radius 1 is 1.22 bits per heavy atom. The smallest absolute Gasteiger partial charge is 0.112 e. The third-order valence-electron chi connectivity index (χ3n) is 3.33. The van der Waals surface area contributed by atoms with Crippen LogP contribution in [0.2, 0.25) is 0 Å². The number of aryl methyl sites for hydroxylation is 2. The summed E-state index contributed by atoms with van der Waals surface area (Å²) < 4.78 is 2.25. The minimum atomic E-state index is 0.152. The number of rotatable bonds is 4. The number of aromatic nitrogens is 2. The molecule has 0 bridgehead atoms. The summed E-state index contributed by atoms with van der Waals surface area (Å²) in [7, 11) is 0. The number of fused-ring (bicyclic) bond motifs is 1. The average Bonchev–Trinajstić information content (AvgIpc) is 2.58. The number of imidazole rings is 1. The molecule has 1 aromatic carbocycles. The normalized spacial score (nSPS) is 11.7. The van der Waals surface area contributed by atoms with E-state index in [9.17, 15) is 0 Å². The fourth-order valence-corrected chi connectivity index (χ4v) is 2.29. The van der Waals surface area contributed by atoms with Crippen molar-refractivity contribution in [2.75, 3.05) is 6.61 Å². The van der Waals surface area contributed by atoms with Gasteiger partial charge in [0, 0.05) is 13.0 Å². The fraction of sp³-hybridized carbons (Fsp3) is 0.533. The Morgan fingerprint density at radius 2 is 1.89 bits per heavy atom. The molecule has 0 atom stereocenters. The summed E-state index contributed by atoms with van der Waals surface area (Å²) in [5.74, 6) is 1.56. The first-order valence-corrected chi connectivity index (χ1v) is 6.60. The van der Waals surface area contributed by atoms with Gasteiger partial charge in [0.15, 0.2) is 0 Å². The maximum Gasteiger partial charge on any atom is 0.112 e. The molecule has 0 saturated carbocycles. The molecule has 1 heterocycles. The second-order valence-electron chi connectivity index (χ2n) is 5.43. The molecule has 0 unspecified atom stereocenters. The molecule has 1 aromatic heterocycles. The summed E-state index contributed by atoms with van der Waals surface area (Å²) in [6.45, 7) is 9.76. The van der Waals surface area contributed by atoms with Crippen molar-refractivity contribution in [3.05, 3.63) is 29.1 Å². The van der Waals surface area contributed by atoms with Crippen molar-refractivity contribution in [2.24, 2.45) is 5.92 Å². The highest BCUT2D eigenvalue weighted by atomic mass is 16.3. The van der Waals surface area contributed by atoms with Crippen molar-refractivity contribution >= 4 is 11.0 Å². The number of hydrogen-bond donors (Lipinski definition) is 1. The molecule has 2 aromatic rings. The molecule has 0 spiro atoms. The molecule has 0 aliphatic rings. The Labute approximate surface area is 108 Å².